The van der Waals surface area contributed by atoms with Crippen LogP contribution in [0, 0.1) is 5.82 Å². The molecule has 1 N–H and O–H groups in total. The maximum Gasteiger partial charge on any atom is 0.387 e. The van der Waals surface area contributed by atoms with Crippen molar-refractivity contribution in [2.75, 3.05) is 11.9 Å². The molecule has 0 unspecified atom stereocenters. The number of nitrogens with one attached hydrogen (secondary N) is 1. The third-order valence-corrected chi connectivity index (χ3v) is 5.89. The fourth-order valence-electron chi connectivity index (χ4n) is 2.71. The lowest BCUT2D eigenvalue weighted by Gasteiger charge is -2.21. The zero-order valence-electron chi connectivity index (χ0n) is 15.9. The minimum atomic E-state index is -4.44. The molecule has 3 rings (SSSR count). The lowest BCUT2D eigenvalue weighted by molar-refractivity contribution is -0.116. The molecule has 31 heavy (non-hydrogen) atoms. The monoisotopic (exact) mass is 454 g/mol. The molecule has 0 aliphatic heterocycles. The molecule has 164 valence electrons. The molecule has 0 fully saturated rings. The summed E-state index contributed by atoms with van der Waals surface area (Å²) in [6.07, 6.45) is 1.32. The summed E-state index contributed by atoms with van der Waals surface area (Å²) < 4.78 is 75.6. The number of sulfonamides is 1. The Hall–Kier alpha value is -3.31. The first kappa shape index (κ1) is 22.4. The molecular formula is C20H17F3N2O5S. The minimum absolute atomic E-state index is 0.0750. The minimum Gasteiger partial charge on any atom is -0.468 e. The summed E-state index contributed by atoms with van der Waals surface area (Å²) >= 11 is 0. The number of carbonyl (C=O) groups is 1. The van der Waals surface area contributed by atoms with Crippen LogP contribution in [0.2, 0.25) is 0 Å². The predicted molar refractivity (Wildman–Crippen MR) is 104 cm³/mol. The van der Waals surface area contributed by atoms with Crippen molar-refractivity contribution in [1.29, 1.82) is 0 Å². The van der Waals surface area contributed by atoms with E-state index in [1.807, 2.05) is 0 Å². The second-order valence-corrected chi connectivity index (χ2v) is 8.11. The molecule has 0 spiro atoms. The molecule has 0 bridgehead atoms. The van der Waals surface area contributed by atoms with Crippen LogP contribution in [0.4, 0.5) is 18.9 Å². The Morgan fingerprint density at radius 2 is 1.77 bits per heavy atom. The maximum atomic E-state index is 14.2. The van der Waals surface area contributed by atoms with Gasteiger partial charge in [-0.2, -0.15) is 13.1 Å². The van der Waals surface area contributed by atoms with E-state index in [0.29, 0.717) is 0 Å². The lowest BCUT2D eigenvalue weighted by Crippen LogP contribution is -2.38. The highest BCUT2D eigenvalue weighted by molar-refractivity contribution is 7.89. The SMILES string of the molecule is O=C(CN(Cc1ccco1)S(=O)(=O)c1ccccc1F)Nc1ccccc1OC(F)F. The Labute approximate surface area is 176 Å². The number of halogens is 3. The molecule has 1 heterocycles. The van der Waals surface area contributed by atoms with E-state index in [1.54, 1.807) is 0 Å². The molecule has 11 heteroatoms. The van der Waals surface area contributed by atoms with Crippen LogP contribution in [0.15, 0.2) is 76.2 Å². The number of amides is 1. The maximum absolute atomic E-state index is 14.2. The van der Waals surface area contributed by atoms with Crippen molar-refractivity contribution >= 4 is 21.6 Å². The zero-order chi connectivity index (χ0) is 22.4. The van der Waals surface area contributed by atoms with Crippen molar-refractivity contribution in [2.24, 2.45) is 0 Å². The smallest absolute Gasteiger partial charge is 0.387 e. The van der Waals surface area contributed by atoms with Crippen molar-refractivity contribution in [3.05, 3.63) is 78.5 Å². The average Bonchev–Trinajstić information content (AvgIpc) is 3.22. The Balaban J connectivity index is 1.86. The third-order valence-electron chi connectivity index (χ3n) is 4.06. The summed E-state index contributed by atoms with van der Waals surface area (Å²) in [7, 11) is -4.44. The summed E-state index contributed by atoms with van der Waals surface area (Å²) in [5.41, 5.74) is -0.0750. The van der Waals surface area contributed by atoms with Gasteiger partial charge in [0, 0.05) is 0 Å². The van der Waals surface area contributed by atoms with Gasteiger partial charge in [-0.15, -0.1) is 0 Å². The number of carbonyl (C=O) groups excluding carboxylic acids is 1. The molecule has 1 aromatic heterocycles. The first-order chi connectivity index (χ1) is 14.8. The molecule has 7 nitrogen and oxygen atoms in total. The van der Waals surface area contributed by atoms with Gasteiger partial charge in [0.25, 0.3) is 0 Å². The van der Waals surface area contributed by atoms with E-state index in [9.17, 15) is 26.4 Å². The summed E-state index contributed by atoms with van der Waals surface area (Å²) in [6, 6.07) is 13.2. The highest BCUT2D eigenvalue weighted by atomic mass is 32.2. The van der Waals surface area contributed by atoms with Gasteiger partial charge in [0.2, 0.25) is 15.9 Å². The van der Waals surface area contributed by atoms with E-state index in [1.165, 1.54) is 54.8 Å². The van der Waals surface area contributed by atoms with Crippen LogP contribution < -0.4 is 10.1 Å². The van der Waals surface area contributed by atoms with Gasteiger partial charge in [0.1, 0.15) is 22.2 Å². The van der Waals surface area contributed by atoms with Gasteiger partial charge in [-0.25, -0.2) is 12.8 Å². The first-order valence-corrected chi connectivity index (χ1v) is 10.3. The van der Waals surface area contributed by atoms with E-state index < -0.39 is 39.8 Å². The van der Waals surface area contributed by atoms with Crippen LogP contribution in [0.3, 0.4) is 0 Å². The molecule has 3 aromatic rings. The number of furan rings is 1. The fraction of sp³-hybridized carbons (Fsp3) is 0.150. The van der Waals surface area contributed by atoms with Crippen molar-refractivity contribution in [1.82, 2.24) is 4.31 Å². The number of rotatable bonds is 9. The van der Waals surface area contributed by atoms with Gasteiger partial charge in [-0.1, -0.05) is 24.3 Å². The standard InChI is InChI=1S/C20H17F3N2O5S/c21-15-7-1-4-10-18(15)31(27,28)25(12-14-6-5-11-29-14)13-19(26)24-16-8-2-3-9-17(16)30-20(22)23/h1-11,20H,12-13H2,(H,24,26). The Bertz CT molecular complexity index is 1140. The largest absolute Gasteiger partial charge is 0.468 e. The summed E-state index contributed by atoms with van der Waals surface area (Å²) in [4.78, 5) is 12.0. The number of hydrogen-bond donors (Lipinski definition) is 1. The predicted octanol–water partition coefficient (Wildman–Crippen LogP) is 3.85. The quantitative estimate of drug-likeness (QED) is 0.531. The van der Waals surface area contributed by atoms with Gasteiger partial charge < -0.3 is 14.5 Å². The molecule has 0 saturated heterocycles. The van der Waals surface area contributed by atoms with Crippen molar-refractivity contribution in [3.8, 4) is 5.75 Å². The van der Waals surface area contributed by atoms with Crippen LogP contribution in [0.1, 0.15) is 5.76 Å². The normalized spacial score (nSPS) is 11.6. The van der Waals surface area contributed by atoms with E-state index in [2.05, 4.69) is 10.1 Å². The Morgan fingerprint density at radius 1 is 1.06 bits per heavy atom. The Morgan fingerprint density at radius 3 is 2.45 bits per heavy atom. The molecule has 0 radical (unpaired) electrons. The van der Waals surface area contributed by atoms with Gasteiger partial charge in [0.15, 0.2) is 0 Å². The first-order valence-electron chi connectivity index (χ1n) is 8.88. The number of anilines is 1. The third kappa shape index (κ3) is 5.64. The van der Waals surface area contributed by atoms with Crippen molar-refractivity contribution < 1.29 is 35.5 Å². The van der Waals surface area contributed by atoms with Crippen molar-refractivity contribution in [3.63, 3.8) is 0 Å². The van der Waals surface area contributed by atoms with Crippen LogP contribution in [-0.2, 0) is 21.4 Å². The molecule has 2 aromatic carbocycles. The number of ether oxygens (including phenoxy) is 1. The highest BCUT2D eigenvalue weighted by Gasteiger charge is 2.30. The topological polar surface area (TPSA) is 88.9 Å². The van der Waals surface area contributed by atoms with Crippen LogP contribution >= 0.6 is 0 Å². The molecule has 0 atom stereocenters. The zero-order valence-corrected chi connectivity index (χ0v) is 16.7. The molecule has 0 saturated carbocycles. The number of nitrogens with zero attached hydrogens (tertiary/aromatic N) is 1. The van der Waals surface area contributed by atoms with E-state index in [0.717, 1.165) is 16.4 Å². The van der Waals surface area contributed by atoms with Gasteiger partial charge >= 0.3 is 6.61 Å². The number of hydrogen-bond acceptors (Lipinski definition) is 5. The second-order valence-electron chi connectivity index (χ2n) is 6.21. The van der Waals surface area contributed by atoms with Gasteiger partial charge in [-0.05, 0) is 36.4 Å². The number of alkyl halides is 2. The van der Waals surface area contributed by atoms with Gasteiger partial charge in [-0.3, -0.25) is 4.79 Å². The number of benzene rings is 2. The van der Waals surface area contributed by atoms with E-state index in [4.69, 9.17) is 4.42 Å². The highest BCUT2D eigenvalue weighted by Crippen LogP contribution is 2.26. The number of para-hydroxylation sites is 2. The van der Waals surface area contributed by atoms with Crippen LogP contribution in [0.25, 0.3) is 0 Å². The van der Waals surface area contributed by atoms with Crippen LogP contribution in [-0.4, -0.2) is 31.8 Å². The summed E-state index contributed by atoms with van der Waals surface area (Å²) in [5, 5.41) is 2.34. The van der Waals surface area contributed by atoms with Gasteiger partial charge in [0.05, 0.1) is 25.0 Å². The molecule has 1 amide bonds. The second kappa shape index (κ2) is 9.67. The summed E-state index contributed by atoms with van der Waals surface area (Å²) in [6.45, 7) is -4.21. The van der Waals surface area contributed by atoms with Crippen LogP contribution in [0.5, 0.6) is 5.75 Å². The molecular weight excluding hydrogens is 437 g/mol. The molecule has 0 aliphatic rings. The van der Waals surface area contributed by atoms with E-state index >= 15 is 0 Å². The fourth-order valence-corrected chi connectivity index (χ4v) is 4.14. The average molecular weight is 454 g/mol. The molecule has 0 aliphatic carbocycles. The summed E-state index contributed by atoms with van der Waals surface area (Å²) in [5.74, 6) is -1.91. The lowest BCUT2D eigenvalue weighted by atomic mass is 10.3. The Kier molecular flexibility index (Phi) is 6.98. The van der Waals surface area contributed by atoms with Crippen molar-refractivity contribution in [2.45, 2.75) is 18.1 Å². The van der Waals surface area contributed by atoms with E-state index in [-0.39, 0.29) is 23.7 Å².